The lowest BCUT2D eigenvalue weighted by Gasteiger charge is -2.19. The number of hydrogen-bond donors (Lipinski definition) is 1. The van der Waals surface area contributed by atoms with E-state index < -0.39 is 0 Å². The van der Waals surface area contributed by atoms with Crippen LogP contribution in [0.15, 0.2) is 21.1 Å². The highest BCUT2D eigenvalue weighted by molar-refractivity contribution is 9.11. The van der Waals surface area contributed by atoms with Gasteiger partial charge in [0.25, 0.3) is 0 Å². The molecule has 1 N–H and O–H groups in total. The van der Waals surface area contributed by atoms with Gasteiger partial charge in [-0.25, -0.2) is 0 Å². The van der Waals surface area contributed by atoms with Gasteiger partial charge in [0.15, 0.2) is 0 Å². The van der Waals surface area contributed by atoms with Crippen molar-refractivity contribution >= 4 is 31.9 Å². The molecule has 1 aliphatic carbocycles. The third-order valence-electron chi connectivity index (χ3n) is 3.76. The largest absolute Gasteiger partial charge is 0.492 e. The van der Waals surface area contributed by atoms with E-state index in [1.165, 1.54) is 31.2 Å². The number of halogens is 2. The summed E-state index contributed by atoms with van der Waals surface area (Å²) in [5.41, 5.74) is 1.21. The molecule has 0 aliphatic heterocycles. The van der Waals surface area contributed by atoms with Crippen molar-refractivity contribution in [3.8, 4) is 5.75 Å². The van der Waals surface area contributed by atoms with Crippen LogP contribution in [0.2, 0.25) is 0 Å². The number of nitrogens with one attached hydrogen (secondary N) is 1. The van der Waals surface area contributed by atoms with Crippen LogP contribution in [0.1, 0.15) is 45.1 Å². The van der Waals surface area contributed by atoms with E-state index in [1.54, 1.807) is 0 Å². The highest BCUT2D eigenvalue weighted by atomic mass is 79.9. The average molecular weight is 405 g/mol. The summed E-state index contributed by atoms with van der Waals surface area (Å²) >= 11 is 7.15. The minimum Gasteiger partial charge on any atom is -0.492 e. The topological polar surface area (TPSA) is 21.3 Å². The fourth-order valence-corrected chi connectivity index (χ4v) is 3.88. The minimum absolute atomic E-state index is 0.620. The Kier molecular flexibility index (Phi) is 6.37. The van der Waals surface area contributed by atoms with E-state index >= 15 is 0 Å². The standard InChI is InChI=1S/C16H23Br2NO/c1-3-14(7-11-5-6-11)19-10-12-8-13(17)9-15(18)16(12)20-4-2/h8-9,11,14,19H,3-7,10H2,1-2H3. The molecule has 0 bridgehead atoms. The molecule has 2 nitrogen and oxygen atoms in total. The smallest absolute Gasteiger partial charge is 0.138 e. The molecular weight excluding hydrogens is 382 g/mol. The molecule has 20 heavy (non-hydrogen) atoms. The summed E-state index contributed by atoms with van der Waals surface area (Å²) in [5, 5.41) is 3.69. The summed E-state index contributed by atoms with van der Waals surface area (Å²) < 4.78 is 7.87. The average Bonchev–Trinajstić information content (AvgIpc) is 3.22. The highest BCUT2D eigenvalue weighted by Gasteiger charge is 2.24. The Hall–Kier alpha value is -0.0600. The molecule has 0 radical (unpaired) electrons. The molecule has 0 spiro atoms. The molecule has 0 heterocycles. The van der Waals surface area contributed by atoms with Crippen LogP contribution in [0.5, 0.6) is 5.75 Å². The van der Waals surface area contributed by atoms with Crippen LogP contribution in [-0.4, -0.2) is 12.6 Å². The Morgan fingerprint density at radius 3 is 2.65 bits per heavy atom. The third-order valence-corrected chi connectivity index (χ3v) is 4.81. The van der Waals surface area contributed by atoms with Crippen LogP contribution >= 0.6 is 31.9 Å². The maximum absolute atomic E-state index is 5.77. The molecule has 1 aromatic carbocycles. The normalized spacial score (nSPS) is 16.2. The number of ether oxygens (including phenoxy) is 1. The van der Waals surface area contributed by atoms with E-state index in [2.05, 4.69) is 50.2 Å². The molecule has 2 rings (SSSR count). The number of rotatable bonds is 8. The van der Waals surface area contributed by atoms with Crippen molar-refractivity contribution in [1.29, 1.82) is 0 Å². The first-order valence-electron chi connectivity index (χ1n) is 7.48. The van der Waals surface area contributed by atoms with Gasteiger partial charge in [-0.05, 0) is 53.7 Å². The van der Waals surface area contributed by atoms with Crippen LogP contribution in [0.25, 0.3) is 0 Å². The van der Waals surface area contributed by atoms with Gasteiger partial charge >= 0.3 is 0 Å². The second kappa shape index (κ2) is 7.81. The Balaban J connectivity index is 2.02. The van der Waals surface area contributed by atoms with Gasteiger partial charge in [-0.1, -0.05) is 35.7 Å². The van der Waals surface area contributed by atoms with Crippen molar-refractivity contribution in [2.24, 2.45) is 5.92 Å². The Morgan fingerprint density at radius 1 is 1.30 bits per heavy atom. The van der Waals surface area contributed by atoms with Gasteiger partial charge in [0.1, 0.15) is 5.75 Å². The lowest BCUT2D eigenvalue weighted by molar-refractivity contribution is 0.331. The van der Waals surface area contributed by atoms with Gasteiger partial charge in [0, 0.05) is 22.6 Å². The van der Waals surface area contributed by atoms with Gasteiger partial charge in [0.2, 0.25) is 0 Å². The zero-order valence-corrected chi connectivity index (χ0v) is 15.4. The molecule has 0 aromatic heterocycles. The SMILES string of the molecule is CCOc1c(Br)cc(Br)cc1CNC(CC)CC1CC1. The third kappa shape index (κ3) is 4.74. The minimum atomic E-state index is 0.620. The first kappa shape index (κ1) is 16.3. The van der Waals surface area contributed by atoms with Crippen LogP contribution in [0.4, 0.5) is 0 Å². The molecule has 112 valence electrons. The molecule has 0 saturated heterocycles. The monoisotopic (exact) mass is 403 g/mol. The summed E-state index contributed by atoms with van der Waals surface area (Å²) in [7, 11) is 0. The summed E-state index contributed by atoms with van der Waals surface area (Å²) in [4.78, 5) is 0. The van der Waals surface area contributed by atoms with Crippen molar-refractivity contribution < 1.29 is 4.74 Å². The van der Waals surface area contributed by atoms with Crippen LogP contribution < -0.4 is 10.1 Å². The van der Waals surface area contributed by atoms with Crippen molar-refractivity contribution in [3.63, 3.8) is 0 Å². The van der Waals surface area contributed by atoms with Crippen molar-refractivity contribution in [1.82, 2.24) is 5.32 Å². The lowest BCUT2D eigenvalue weighted by atomic mass is 10.1. The Labute approximate surface area is 138 Å². The molecule has 1 aromatic rings. The van der Waals surface area contributed by atoms with E-state index in [1.807, 2.05) is 13.0 Å². The lowest BCUT2D eigenvalue weighted by Crippen LogP contribution is -2.28. The fraction of sp³-hybridized carbons (Fsp3) is 0.625. The summed E-state index contributed by atoms with van der Waals surface area (Å²) in [6.07, 6.45) is 5.35. The molecule has 4 heteroatoms. The molecule has 1 saturated carbocycles. The molecule has 1 aliphatic rings. The quantitative estimate of drug-likeness (QED) is 0.636. The van der Waals surface area contributed by atoms with Gasteiger partial charge in [-0.3, -0.25) is 0 Å². The number of benzene rings is 1. The van der Waals surface area contributed by atoms with E-state index in [-0.39, 0.29) is 0 Å². The zero-order chi connectivity index (χ0) is 14.5. The van der Waals surface area contributed by atoms with Crippen LogP contribution in [0, 0.1) is 5.92 Å². The molecular formula is C16H23Br2NO. The summed E-state index contributed by atoms with van der Waals surface area (Å²) in [6, 6.07) is 4.80. The van der Waals surface area contributed by atoms with Crippen LogP contribution in [-0.2, 0) is 6.54 Å². The second-order valence-electron chi connectivity index (χ2n) is 5.47. The Morgan fingerprint density at radius 2 is 2.05 bits per heavy atom. The zero-order valence-electron chi connectivity index (χ0n) is 12.2. The van der Waals surface area contributed by atoms with Gasteiger partial charge in [-0.2, -0.15) is 0 Å². The van der Waals surface area contributed by atoms with Gasteiger partial charge < -0.3 is 10.1 Å². The van der Waals surface area contributed by atoms with E-state index in [9.17, 15) is 0 Å². The summed E-state index contributed by atoms with van der Waals surface area (Å²) in [5.74, 6) is 1.93. The predicted octanol–water partition coefficient (Wildman–Crippen LogP) is 5.28. The first-order chi connectivity index (χ1) is 9.63. The molecule has 1 fully saturated rings. The molecule has 1 atom stereocenters. The van der Waals surface area contributed by atoms with Crippen LogP contribution in [0.3, 0.4) is 0 Å². The van der Waals surface area contributed by atoms with Crippen molar-refractivity contribution in [2.45, 2.75) is 52.1 Å². The molecule has 0 amide bonds. The first-order valence-corrected chi connectivity index (χ1v) is 9.06. The second-order valence-corrected chi connectivity index (χ2v) is 7.24. The fourth-order valence-electron chi connectivity index (χ4n) is 2.46. The summed E-state index contributed by atoms with van der Waals surface area (Å²) in [6.45, 7) is 5.83. The van der Waals surface area contributed by atoms with Gasteiger partial charge in [0.05, 0.1) is 11.1 Å². The van der Waals surface area contributed by atoms with Crippen molar-refractivity contribution in [3.05, 3.63) is 26.6 Å². The van der Waals surface area contributed by atoms with E-state index in [0.717, 1.165) is 27.2 Å². The maximum Gasteiger partial charge on any atom is 0.138 e. The maximum atomic E-state index is 5.77. The highest BCUT2D eigenvalue weighted by Crippen LogP contribution is 2.35. The van der Waals surface area contributed by atoms with Gasteiger partial charge in [-0.15, -0.1) is 0 Å². The van der Waals surface area contributed by atoms with E-state index in [4.69, 9.17) is 4.74 Å². The number of hydrogen-bond acceptors (Lipinski definition) is 2. The molecule has 1 unspecified atom stereocenters. The van der Waals surface area contributed by atoms with E-state index in [0.29, 0.717) is 12.6 Å². The Bertz CT molecular complexity index is 446. The van der Waals surface area contributed by atoms with Crippen molar-refractivity contribution in [2.75, 3.05) is 6.61 Å². The predicted molar refractivity (Wildman–Crippen MR) is 91.3 cm³/mol.